The molecular formula is C23H20BrN3O4S. The van der Waals surface area contributed by atoms with Crippen molar-refractivity contribution in [1.29, 1.82) is 5.26 Å². The highest BCUT2D eigenvalue weighted by Crippen LogP contribution is 2.40. The molecule has 0 saturated carbocycles. The number of aryl methyl sites for hydroxylation is 1. The lowest BCUT2D eigenvalue weighted by Crippen LogP contribution is -2.44. The van der Waals surface area contributed by atoms with Crippen molar-refractivity contribution < 1.29 is 19.1 Å². The van der Waals surface area contributed by atoms with Crippen molar-refractivity contribution in [1.82, 2.24) is 5.32 Å². The van der Waals surface area contributed by atoms with Crippen molar-refractivity contribution in [2.45, 2.75) is 12.8 Å². The number of methoxy groups -OCH3 is 1. The van der Waals surface area contributed by atoms with Crippen LogP contribution >= 0.6 is 27.7 Å². The second-order valence-corrected chi connectivity index (χ2v) is 8.98. The predicted octanol–water partition coefficient (Wildman–Crippen LogP) is 3.87. The van der Waals surface area contributed by atoms with Crippen LogP contribution in [0.2, 0.25) is 0 Å². The Morgan fingerprint density at radius 3 is 2.66 bits per heavy atom. The number of hydrogen-bond acceptors (Lipinski definition) is 6. The van der Waals surface area contributed by atoms with Crippen molar-refractivity contribution in [2.24, 2.45) is 5.92 Å². The number of anilines is 1. The number of hydrogen-bond donors (Lipinski definition) is 2. The molecule has 0 aromatic heterocycles. The molecule has 1 aliphatic rings. The van der Waals surface area contributed by atoms with Crippen LogP contribution in [0.25, 0.3) is 0 Å². The molecule has 0 spiro atoms. The van der Waals surface area contributed by atoms with E-state index in [9.17, 15) is 19.6 Å². The minimum Gasteiger partial charge on any atom is -0.468 e. The van der Waals surface area contributed by atoms with Crippen molar-refractivity contribution in [3.8, 4) is 6.07 Å². The number of nitrogens with zero attached hydrogens (tertiary/aromatic N) is 1. The summed E-state index contributed by atoms with van der Waals surface area (Å²) in [5, 5.41) is 15.6. The molecule has 1 heterocycles. The SMILES string of the molecule is COC(=O)[C@H]1C(=O)NC(SCC(=O)Nc2cccc(C)c2)=C(C#N)[C@H]1c1cccc(Br)c1. The van der Waals surface area contributed by atoms with Crippen LogP contribution in [0.4, 0.5) is 5.69 Å². The first-order valence-corrected chi connectivity index (χ1v) is 11.4. The zero-order chi connectivity index (χ0) is 23.3. The highest BCUT2D eigenvalue weighted by molar-refractivity contribution is 9.10. The van der Waals surface area contributed by atoms with E-state index in [1.54, 1.807) is 30.3 Å². The average molecular weight is 514 g/mol. The van der Waals surface area contributed by atoms with Crippen LogP contribution in [-0.2, 0) is 19.1 Å². The number of nitrogens with one attached hydrogen (secondary N) is 2. The second kappa shape index (κ2) is 10.5. The molecule has 32 heavy (non-hydrogen) atoms. The summed E-state index contributed by atoms with van der Waals surface area (Å²) in [6.45, 7) is 1.92. The molecule has 7 nitrogen and oxygen atoms in total. The minimum absolute atomic E-state index is 0.0250. The summed E-state index contributed by atoms with van der Waals surface area (Å²) in [5.41, 5.74) is 2.49. The van der Waals surface area contributed by atoms with Gasteiger partial charge in [-0.1, -0.05) is 52.0 Å². The third-order valence-electron chi connectivity index (χ3n) is 4.84. The van der Waals surface area contributed by atoms with Gasteiger partial charge in [0.25, 0.3) is 0 Å². The van der Waals surface area contributed by atoms with E-state index in [1.165, 1.54) is 7.11 Å². The molecule has 2 aromatic carbocycles. The van der Waals surface area contributed by atoms with E-state index in [0.717, 1.165) is 21.8 Å². The zero-order valence-electron chi connectivity index (χ0n) is 17.3. The number of benzene rings is 2. The largest absolute Gasteiger partial charge is 0.468 e. The molecule has 3 rings (SSSR count). The van der Waals surface area contributed by atoms with E-state index < -0.39 is 23.7 Å². The van der Waals surface area contributed by atoms with Crippen molar-refractivity contribution >= 4 is 51.2 Å². The van der Waals surface area contributed by atoms with Gasteiger partial charge in [-0.05, 0) is 42.3 Å². The van der Waals surface area contributed by atoms with Crippen molar-refractivity contribution in [3.05, 3.63) is 74.7 Å². The Morgan fingerprint density at radius 2 is 2.00 bits per heavy atom. The van der Waals surface area contributed by atoms with Gasteiger partial charge in [-0.25, -0.2) is 0 Å². The summed E-state index contributed by atoms with van der Waals surface area (Å²) in [7, 11) is 1.20. The van der Waals surface area contributed by atoms with Crippen LogP contribution in [-0.4, -0.2) is 30.6 Å². The van der Waals surface area contributed by atoms with E-state index in [1.807, 2.05) is 25.1 Å². The van der Waals surface area contributed by atoms with Crippen LogP contribution in [0.5, 0.6) is 0 Å². The van der Waals surface area contributed by atoms with E-state index in [0.29, 0.717) is 11.3 Å². The van der Waals surface area contributed by atoms with Gasteiger partial charge in [0.2, 0.25) is 11.8 Å². The molecule has 2 amide bonds. The predicted molar refractivity (Wildman–Crippen MR) is 125 cm³/mol. The molecule has 164 valence electrons. The smallest absolute Gasteiger partial charge is 0.319 e. The van der Waals surface area contributed by atoms with Crippen molar-refractivity contribution in [2.75, 3.05) is 18.2 Å². The van der Waals surface area contributed by atoms with Gasteiger partial charge in [-0.2, -0.15) is 5.26 Å². The quantitative estimate of drug-likeness (QED) is 0.448. The van der Waals surface area contributed by atoms with E-state index >= 15 is 0 Å². The lowest BCUT2D eigenvalue weighted by molar-refractivity contribution is -0.150. The molecule has 0 fully saturated rings. The van der Waals surface area contributed by atoms with Crippen LogP contribution in [0.3, 0.4) is 0 Å². The first kappa shape index (κ1) is 23.6. The number of carbonyl (C=O) groups is 3. The van der Waals surface area contributed by atoms with Crippen LogP contribution in [0, 0.1) is 24.2 Å². The first-order chi connectivity index (χ1) is 15.3. The fourth-order valence-corrected chi connectivity index (χ4v) is 4.70. The van der Waals surface area contributed by atoms with Gasteiger partial charge in [-0.15, -0.1) is 0 Å². The molecule has 2 aromatic rings. The van der Waals surface area contributed by atoms with E-state index in [-0.39, 0.29) is 22.3 Å². The molecule has 9 heteroatoms. The molecular weight excluding hydrogens is 494 g/mol. The van der Waals surface area contributed by atoms with Crippen LogP contribution in [0.1, 0.15) is 17.0 Å². The number of thioether (sulfide) groups is 1. The molecule has 2 N–H and O–H groups in total. The summed E-state index contributed by atoms with van der Waals surface area (Å²) in [4.78, 5) is 37.7. The standard InChI is InChI=1S/C23H20BrN3O4S/c1-13-5-3-8-16(9-13)26-18(28)12-32-22-17(11-25)19(14-6-4-7-15(24)10-14)20(21(29)27-22)23(30)31-2/h3-10,19-20H,12H2,1-2H3,(H,26,28)(H,27,29)/t19-,20-/m1/s1. The monoisotopic (exact) mass is 513 g/mol. The minimum atomic E-state index is -1.21. The van der Waals surface area contributed by atoms with Gasteiger partial charge in [0, 0.05) is 16.1 Å². The van der Waals surface area contributed by atoms with E-state index in [2.05, 4.69) is 32.6 Å². The van der Waals surface area contributed by atoms with Gasteiger partial charge in [0.1, 0.15) is 5.92 Å². The molecule has 0 bridgehead atoms. The summed E-state index contributed by atoms with van der Waals surface area (Å²) in [6, 6.07) is 16.6. The van der Waals surface area contributed by atoms with Gasteiger partial charge >= 0.3 is 5.97 Å². The third kappa shape index (κ3) is 5.39. The fourth-order valence-electron chi connectivity index (χ4n) is 3.44. The molecule has 0 radical (unpaired) electrons. The van der Waals surface area contributed by atoms with Crippen LogP contribution < -0.4 is 10.6 Å². The Morgan fingerprint density at radius 1 is 1.25 bits per heavy atom. The summed E-state index contributed by atoms with van der Waals surface area (Å²) in [6.07, 6.45) is 0. The molecule has 0 saturated heterocycles. The molecule has 2 atom stereocenters. The highest BCUT2D eigenvalue weighted by atomic mass is 79.9. The average Bonchev–Trinajstić information content (AvgIpc) is 2.76. The number of nitriles is 1. The number of ether oxygens (including phenoxy) is 1. The normalized spacial score (nSPS) is 17.9. The van der Waals surface area contributed by atoms with Crippen molar-refractivity contribution in [3.63, 3.8) is 0 Å². The number of rotatable bonds is 6. The number of allylic oxidation sites excluding steroid dienone is 1. The van der Waals surface area contributed by atoms with Gasteiger partial charge in [-0.3, -0.25) is 14.4 Å². The number of carbonyl (C=O) groups excluding carboxylic acids is 3. The Bertz CT molecular complexity index is 1140. The number of amides is 2. The number of esters is 1. The topological polar surface area (TPSA) is 108 Å². The fraction of sp³-hybridized carbons (Fsp3) is 0.217. The Kier molecular flexibility index (Phi) is 7.72. The summed E-state index contributed by atoms with van der Waals surface area (Å²) < 4.78 is 5.57. The summed E-state index contributed by atoms with van der Waals surface area (Å²) in [5.74, 6) is -3.67. The summed E-state index contributed by atoms with van der Waals surface area (Å²) >= 11 is 4.43. The Hall–Kier alpha value is -3.09. The lowest BCUT2D eigenvalue weighted by atomic mass is 9.78. The second-order valence-electron chi connectivity index (χ2n) is 7.08. The van der Waals surface area contributed by atoms with Gasteiger partial charge < -0.3 is 15.4 Å². The highest BCUT2D eigenvalue weighted by Gasteiger charge is 2.44. The van der Waals surface area contributed by atoms with Gasteiger partial charge in [0.15, 0.2) is 0 Å². The molecule has 0 aliphatic carbocycles. The van der Waals surface area contributed by atoms with E-state index in [4.69, 9.17) is 4.74 Å². The molecule has 0 unspecified atom stereocenters. The first-order valence-electron chi connectivity index (χ1n) is 9.61. The maximum Gasteiger partial charge on any atom is 0.319 e. The lowest BCUT2D eigenvalue weighted by Gasteiger charge is -2.31. The van der Waals surface area contributed by atoms with Crippen LogP contribution in [0.15, 0.2) is 63.6 Å². The maximum absolute atomic E-state index is 12.8. The third-order valence-corrected chi connectivity index (χ3v) is 6.35. The number of halogens is 1. The van der Waals surface area contributed by atoms with Gasteiger partial charge in [0.05, 0.1) is 29.5 Å². The molecule has 1 aliphatic heterocycles. The maximum atomic E-state index is 12.8. The zero-order valence-corrected chi connectivity index (χ0v) is 19.7. The Balaban J connectivity index is 1.89. The Labute approximate surface area is 198 Å².